The molecule has 2 aromatic carbocycles. The molecule has 1 heterocycles. The number of benzene rings is 2. The summed E-state index contributed by atoms with van der Waals surface area (Å²) < 4.78 is 16.7. The van der Waals surface area contributed by atoms with Crippen molar-refractivity contribution >= 4 is 21.5 Å². The molecule has 0 fully saturated rings. The molecule has 1 aromatic heterocycles. The van der Waals surface area contributed by atoms with Crippen LogP contribution in [-0.4, -0.2) is 26.5 Å². The van der Waals surface area contributed by atoms with Crippen LogP contribution in [0.15, 0.2) is 76.1 Å². The number of hydrogen-bond donors (Lipinski definition) is 2. The third-order valence-electron chi connectivity index (χ3n) is 3.79. The van der Waals surface area contributed by atoms with Crippen LogP contribution < -0.4 is 5.73 Å². The summed E-state index contributed by atoms with van der Waals surface area (Å²) in [5.41, 5.74) is 6.90. The molecular weight excluding hydrogens is 374 g/mol. The van der Waals surface area contributed by atoms with Gasteiger partial charge in [0.05, 0.1) is 20.9 Å². The molecule has 0 saturated carbocycles. The predicted molar refractivity (Wildman–Crippen MR) is 108 cm³/mol. The van der Waals surface area contributed by atoms with Crippen molar-refractivity contribution < 1.29 is 14.1 Å². The summed E-state index contributed by atoms with van der Waals surface area (Å²) in [6, 6.07) is 16.5. The van der Waals surface area contributed by atoms with Gasteiger partial charge in [-0.2, -0.15) is 4.36 Å². The Hall–Kier alpha value is -3.63. The van der Waals surface area contributed by atoms with E-state index in [-0.39, 0.29) is 17.1 Å². The molecule has 0 bridgehead atoms. The smallest absolute Gasteiger partial charge is 0.286 e. The number of amides is 1. The first-order chi connectivity index (χ1) is 13.3. The zero-order chi connectivity index (χ0) is 20.1. The molecule has 0 spiro atoms. The number of aromatic hydroxyl groups is 1. The first-order valence-corrected chi connectivity index (χ1v) is 10.2. The number of pyridine rings is 1. The van der Waals surface area contributed by atoms with Gasteiger partial charge >= 0.3 is 0 Å². The lowest BCUT2D eigenvalue weighted by Gasteiger charge is -2.04. The monoisotopic (exact) mass is 391 g/mol. The van der Waals surface area contributed by atoms with Gasteiger partial charge in [0, 0.05) is 22.9 Å². The van der Waals surface area contributed by atoms with Crippen LogP contribution in [0.2, 0.25) is 0 Å². The Morgan fingerprint density at radius 1 is 1.11 bits per heavy atom. The van der Waals surface area contributed by atoms with Crippen molar-refractivity contribution in [3.05, 3.63) is 83.6 Å². The Labute approximate surface area is 163 Å². The number of anilines is 1. The highest BCUT2D eigenvalue weighted by Gasteiger charge is 2.13. The van der Waals surface area contributed by atoms with Crippen LogP contribution >= 0.6 is 0 Å². The van der Waals surface area contributed by atoms with E-state index in [1.807, 2.05) is 0 Å². The maximum absolute atomic E-state index is 12.8. The highest BCUT2D eigenvalue weighted by atomic mass is 32.2. The van der Waals surface area contributed by atoms with Gasteiger partial charge in [-0.15, -0.1) is 0 Å². The molecule has 1 unspecified atom stereocenters. The Bertz CT molecular complexity index is 1220. The Morgan fingerprint density at radius 2 is 1.86 bits per heavy atom. The zero-order valence-corrected chi connectivity index (χ0v) is 15.8. The lowest BCUT2D eigenvalue weighted by atomic mass is 10.1. The van der Waals surface area contributed by atoms with Crippen molar-refractivity contribution in [1.82, 2.24) is 4.98 Å². The molecule has 140 valence electrons. The van der Waals surface area contributed by atoms with Crippen molar-refractivity contribution in [1.29, 1.82) is 0 Å². The molecule has 28 heavy (non-hydrogen) atoms. The molecule has 7 heteroatoms. The number of rotatable bonds is 2. The number of phenols is 1. The van der Waals surface area contributed by atoms with Crippen LogP contribution in [0, 0.1) is 11.8 Å². The van der Waals surface area contributed by atoms with Gasteiger partial charge in [-0.25, -0.2) is 9.19 Å². The molecule has 0 aliphatic carbocycles. The summed E-state index contributed by atoms with van der Waals surface area (Å²) in [5.74, 6) is 5.28. The first kappa shape index (κ1) is 19.1. The molecule has 0 aliphatic rings. The number of nitrogens with two attached hydrogens (primary N) is 1. The van der Waals surface area contributed by atoms with E-state index in [4.69, 9.17) is 5.73 Å². The van der Waals surface area contributed by atoms with Crippen LogP contribution in [0.4, 0.5) is 5.82 Å². The normalized spacial score (nSPS) is 12.3. The van der Waals surface area contributed by atoms with Crippen LogP contribution in [0.25, 0.3) is 0 Å². The number of carbonyl (C=O) groups excluding carboxylic acids is 1. The van der Waals surface area contributed by atoms with Crippen molar-refractivity contribution in [2.45, 2.75) is 4.90 Å². The maximum atomic E-state index is 12.8. The summed E-state index contributed by atoms with van der Waals surface area (Å²) >= 11 is 0. The minimum atomic E-state index is -2.89. The van der Waals surface area contributed by atoms with Crippen molar-refractivity contribution in [2.75, 3.05) is 12.0 Å². The van der Waals surface area contributed by atoms with E-state index >= 15 is 0 Å². The third-order valence-corrected chi connectivity index (χ3v) is 5.45. The fourth-order valence-electron chi connectivity index (χ4n) is 2.35. The fraction of sp³-hybridized carbons (Fsp3) is 0.0476. The Kier molecular flexibility index (Phi) is 5.43. The summed E-state index contributed by atoms with van der Waals surface area (Å²) in [6.07, 6.45) is 2.69. The number of nitrogen functional groups attached to an aromatic ring is 1. The van der Waals surface area contributed by atoms with Crippen LogP contribution in [-0.2, 0) is 9.73 Å². The van der Waals surface area contributed by atoms with E-state index in [0.29, 0.717) is 16.0 Å². The molecule has 6 nitrogen and oxygen atoms in total. The van der Waals surface area contributed by atoms with Gasteiger partial charge in [0.2, 0.25) is 0 Å². The fourth-order valence-corrected chi connectivity index (χ4v) is 3.54. The van der Waals surface area contributed by atoms with Crippen LogP contribution in [0.1, 0.15) is 21.5 Å². The summed E-state index contributed by atoms with van der Waals surface area (Å²) in [6.45, 7) is 0. The van der Waals surface area contributed by atoms with E-state index in [1.54, 1.807) is 42.5 Å². The molecular formula is C21H17N3O3S. The number of carbonyl (C=O) groups is 1. The lowest BCUT2D eigenvalue weighted by Crippen LogP contribution is -2.05. The second-order valence-corrected chi connectivity index (χ2v) is 8.23. The quantitative estimate of drug-likeness (QED) is 0.653. The van der Waals surface area contributed by atoms with E-state index < -0.39 is 15.6 Å². The maximum Gasteiger partial charge on any atom is 0.286 e. The van der Waals surface area contributed by atoms with Crippen molar-refractivity contribution in [3.8, 4) is 17.6 Å². The lowest BCUT2D eigenvalue weighted by molar-refractivity contribution is 0.100. The van der Waals surface area contributed by atoms with Crippen molar-refractivity contribution in [3.63, 3.8) is 0 Å². The number of phenolic OH excluding ortho intramolecular Hbond substituents is 1. The molecule has 0 aliphatic heterocycles. The summed E-state index contributed by atoms with van der Waals surface area (Å²) in [7, 11) is -2.89. The molecule has 1 amide bonds. The van der Waals surface area contributed by atoms with Gasteiger partial charge in [-0.3, -0.25) is 4.79 Å². The zero-order valence-electron chi connectivity index (χ0n) is 15.0. The Balaban J connectivity index is 1.94. The molecule has 1 atom stereocenters. The van der Waals surface area contributed by atoms with Gasteiger partial charge in [-0.1, -0.05) is 36.1 Å². The van der Waals surface area contributed by atoms with Crippen molar-refractivity contribution in [2.24, 2.45) is 4.36 Å². The largest absolute Gasteiger partial charge is 0.508 e. The minimum Gasteiger partial charge on any atom is -0.508 e. The summed E-state index contributed by atoms with van der Waals surface area (Å²) in [4.78, 5) is 17.0. The van der Waals surface area contributed by atoms with E-state index in [1.165, 1.54) is 30.7 Å². The van der Waals surface area contributed by atoms with Gasteiger partial charge in [0.25, 0.3) is 5.91 Å². The van der Waals surface area contributed by atoms with Gasteiger partial charge in [0.15, 0.2) is 0 Å². The molecule has 3 rings (SSSR count). The standard InChI is InChI=1S/C21H17N3O3S/c1-28(27,19-8-3-2-4-9-19)24-21(26)17-13-16(20(22)23-14-17)11-10-15-6-5-7-18(25)12-15/h2-9,12-14,25H,1H3,(H2,22,23). The van der Waals surface area contributed by atoms with Gasteiger partial charge < -0.3 is 10.8 Å². The molecule has 3 N–H and O–H groups in total. The molecule has 0 saturated heterocycles. The van der Waals surface area contributed by atoms with Gasteiger partial charge in [0.1, 0.15) is 11.6 Å². The number of aromatic nitrogens is 1. The SMILES string of the molecule is CS(=O)(=NC(=O)c1cnc(N)c(C#Cc2cccc(O)c2)c1)c1ccccc1. The predicted octanol–water partition coefficient (Wildman–Crippen LogP) is 3.07. The van der Waals surface area contributed by atoms with E-state index in [9.17, 15) is 14.1 Å². The average molecular weight is 391 g/mol. The average Bonchev–Trinajstić information content (AvgIpc) is 2.68. The molecule has 0 radical (unpaired) electrons. The first-order valence-electron chi connectivity index (χ1n) is 8.23. The Morgan fingerprint density at radius 3 is 2.57 bits per heavy atom. The minimum absolute atomic E-state index is 0.0965. The van der Waals surface area contributed by atoms with E-state index in [2.05, 4.69) is 21.2 Å². The molecule has 3 aromatic rings. The van der Waals surface area contributed by atoms with E-state index in [0.717, 1.165) is 0 Å². The highest BCUT2D eigenvalue weighted by Crippen LogP contribution is 2.16. The van der Waals surface area contributed by atoms with Gasteiger partial charge in [-0.05, 0) is 36.4 Å². The van der Waals surface area contributed by atoms with Crippen LogP contribution in [0.3, 0.4) is 0 Å². The highest BCUT2D eigenvalue weighted by molar-refractivity contribution is 7.93. The van der Waals surface area contributed by atoms with Crippen LogP contribution in [0.5, 0.6) is 5.75 Å². The third kappa shape index (κ3) is 4.55. The second kappa shape index (κ2) is 7.94. The summed E-state index contributed by atoms with van der Waals surface area (Å²) in [5, 5.41) is 9.49. The topological polar surface area (TPSA) is 106 Å². The second-order valence-electron chi connectivity index (χ2n) is 5.97. The number of nitrogens with zero attached hydrogens (tertiary/aromatic N) is 2. The number of hydrogen-bond acceptors (Lipinski definition) is 5.